The second-order valence-electron chi connectivity index (χ2n) is 1.89. The van der Waals surface area contributed by atoms with E-state index >= 15 is 0 Å². The summed E-state index contributed by atoms with van der Waals surface area (Å²) in [7, 11) is 1.68. The zero-order chi connectivity index (χ0) is 8.97. The molecule has 12 heavy (non-hydrogen) atoms. The predicted octanol–water partition coefficient (Wildman–Crippen LogP) is 1.22. The number of aromatic nitrogens is 1. The summed E-state index contributed by atoms with van der Waals surface area (Å²) >= 11 is 1.13. The standard InChI is InChI=1S/C6H7N3O2S/c1-7-12-6-5(9(10)11)3-2-4-8-6/h2-4,7H,1H3. The quantitative estimate of drug-likeness (QED) is 0.435. The third-order valence-electron chi connectivity index (χ3n) is 1.15. The zero-order valence-electron chi connectivity index (χ0n) is 6.35. The maximum absolute atomic E-state index is 10.4. The topological polar surface area (TPSA) is 68.1 Å². The predicted molar refractivity (Wildman–Crippen MR) is 45.8 cm³/mol. The van der Waals surface area contributed by atoms with Crippen molar-refractivity contribution in [2.75, 3.05) is 7.05 Å². The summed E-state index contributed by atoms with van der Waals surface area (Å²) in [6.45, 7) is 0. The Morgan fingerprint density at radius 1 is 1.75 bits per heavy atom. The van der Waals surface area contributed by atoms with Gasteiger partial charge in [-0.3, -0.25) is 14.8 Å². The van der Waals surface area contributed by atoms with Crippen molar-refractivity contribution in [1.82, 2.24) is 9.71 Å². The van der Waals surface area contributed by atoms with Gasteiger partial charge in [-0.1, -0.05) is 0 Å². The molecule has 1 N–H and O–H groups in total. The van der Waals surface area contributed by atoms with E-state index < -0.39 is 4.92 Å². The van der Waals surface area contributed by atoms with Gasteiger partial charge in [-0.25, -0.2) is 4.98 Å². The van der Waals surface area contributed by atoms with E-state index in [2.05, 4.69) is 9.71 Å². The minimum absolute atomic E-state index is 0.0249. The van der Waals surface area contributed by atoms with Crippen LogP contribution in [0.3, 0.4) is 0 Å². The van der Waals surface area contributed by atoms with Crippen LogP contribution >= 0.6 is 11.9 Å². The summed E-state index contributed by atoms with van der Waals surface area (Å²) in [5.74, 6) is 0. The van der Waals surface area contributed by atoms with Gasteiger partial charge in [-0.15, -0.1) is 0 Å². The van der Waals surface area contributed by atoms with Crippen LogP contribution < -0.4 is 4.72 Å². The summed E-state index contributed by atoms with van der Waals surface area (Å²) in [6.07, 6.45) is 1.52. The molecule has 0 amide bonds. The second kappa shape index (κ2) is 4.03. The van der Waals surface area contributed by atoms with Crippen LogP contribution in [0.25, 0.3) is 0 Å². The van der Waals surface area contributed by atoms with Crippen molar-refractivity contribution < 1.29 is 4.92 Å². The first kappa shape index (κ1) is 8.95. The molecule has 1 rings (SSSR count). The molecule has 64 valence electrons. The summed E-state index contributed by atoms with van der Waals surface area (Å²) in [6, 6.07) is 2.96. The smallest absolute Gasteiger partial charge is 0.261 e. The number of hydrogen-bond acceptors (Lipinski definition) is 5. The minimum Gasteiger partial charge on any atom is -0.261 e. The van der Waals surface area contributed by atoms with Crippen LogP contribution in [0.5, 0.6) is 0 Å². The second-order valence-corrected chi connectivity index (χ2v) is 2.89. The fourth-order valence-electron chi connectivity index (χ4n) is 0.697. The first-order valence-electron chi connectivity index (χ1n) is 3.18. The van der Waals surface area contributed by atoms with Crippen LogP contribution in [-0.2, 0) is 0 Å². The zero-order valence-corrected chi connectivity index (χ0v) is 7.17. The highest BCUT2D eigenvalue weighted by Crippen LogP contribution is 2.22. The van der Waals surface area contributed by atoms with Gasteiger partial charge in [0.15, 0.2) is 5.03 Å². The SMILES string of the molecule is CNSc1ncccc1[N+](=O)[O-]. The van der Waals surface area contributed by atoms with E-state index in [1.165, 1.54) is 18.3 Å². The van der Waals surface area contributed by atoms with Crippen molar-refractivity contribution >= 4 is 17.6 Å². The highest BCUT2D eigenvalue weighted by Gasteiger charge is 2.13. The number of nitrogens with zero attached hydrogens (tertiary/aromatic N) is 2. The van der Waals surface area contributed by atoms with Crippen molar-refractivity contribution in [3.05, 3.63) is 28.4 Å². The van der Waals surface area contributed by atoms with Crippen LogP contribution in [-0.4, -0.2) is 17.0 Å². The molecule has 0 aliphatic heterocycles. The summed E-state index contributed by atoms with van der Waals surface area (Å²) in [5, 5.41) is 10.8. The van der Waals surface area contributed by atoms with Gasteiger partial charge in [-0.05, 0) is 25.1 Å². The summed E-state index contributed by atoms with van der Waals surface area (Å²) < 4.78 is 2.73. The lowest BCUT2D eigenvalue weighted by Crippen LogP contribution is -1.97. The normalized spacial score (nSPS) is 9.75. The minimum atomic E-state index is -0.452. The molecular weight excluding hydrogens is 178 g/mol. The molecule has 5 nitrogen and oxygen atoms in total. The Morgan fingerprint density at radius 3 is 3.08 bits per heavy atom. The van der Waals surface area contributed by atoms with E-state index in [9.17, 15) is 10.1 Å². The summed E-state index contributed by atoms with van der Waals surface area (Å²) in [4.78, 5) is 13.8. The van der Waals surface area contributed by atoms with Gasteiger partial charge < -0.3 is 0 Å². The van der Waals surface area contributed by atoms with Gasteiger partial charge in [0.25, 0.3) is 0 Å². The van der Waals surface area contributed by atoms with Crippen molar-refractivity contribution in [3.63, 3.8) is 0 Å². The molecule has 0 atom stereocenters. The molecule has 0 fully saturated rings. The van der Waals surface area contributed by atoms with E-state index in [-0.39, 0.29) is 5.69 Å². The van der Waals surface area contributed by atoms with Crippen molar-refractivity contribution in [2.24, 2.45) is 0 Å². The van der Waals surface area contributed by atoms with Gasteiger partial charge in [0.2, 0.25) is 0 Å². The van der Waals surface area contributed by atoms with Crippen LogP contribution in [0.15, 0.2) is 23.4 Å². The lowest BCUT2D eigenvalue weighted by molar-refractivity contribution is -0.388. The number of hydrogen-bond donors (Lipinski definition) is 1. The molecule has 0 bridgehead atoms. The van der Waals surface area contributed by atoms with Crippen LogP contribution in [0, 0.1) is 10.1 Å². The van der Waals surface area contributed by atoms with Crippen LogP contribution in [0.2, 0.25) is 0 Å². The average molecular weight is 185 g/mol. The first-order valence-corrected chi connectivity index (χ1v) is 4.00. The molecule has 0 saturated heterocycles. The third-order valence-corrected chi connectivity index (χ3v) is 1.86. The monoisotopic (exact) mass is 185 g/mol. The lowest BCUT2D eigenvalue weighted by atomic mass is 10.4. The molecular formula is C6H7N3O2S. The third kappa shape index (κ3) is 1.93. The molecule has 0 aliphatic rings. The highest BCUT2D eigenvalue weighted by molar-refractivity contribution is 7.97. The fraction of sp³-hybridized carbons (Fsp3) is 0.167. The van der Waals surface area contributed by atoms with Gasteiger partial charge in [0, 0.05) is 12.3 Å². The maximum Gasteiger partial charge on any atom is 0.302 e. The van der Waals surface area contributed by atoms with E-state index in [1.807, 2.05) is 0 Å². The van der Waals surface area contributed by atoms with E-state index in [1.54, 1.807) is 7.05 Å². The molecule has 0 radical (unpaired) electrons. The Labute approximate surface area is 73.5 Å². The lowest BCUT2D eigenvalue weighted by Gasteiger charge is -1.97. The Morgan fingerprint density at radius 2 is 2.50 bits per heavy atom. The van der Waals surface area contributed by atoms with Gasteiger partial charge >= 0.3 is 5.69 Å². The molecule has 0 saturated carbocycles. The average Bonchev–Trinajstić information content (AvgIpc) is 2.05. The Bertz CT molecular complexity index is 292. The molecule has 1 aromatic heterocycles. The molecule has 0 aliphatic carbocycles. The number of rotatable bonds is 3. The van der Waals surface area contributed by atoms with Gasteiger partial charge in [0.05, 0.1) is 4.92 Å². The maximum atomic E-state index is 10.4. The molecule has 1 heterocycles. The molecule has 6 heteroatoms. The number of nitro groups is 1. The van der Waals surface area contributed by atoms with Crippen molar-refractivity contribution in [1.29, 1.82) is 0 Å². The largest absolute Gasteiger partial charge is 0.302 e. The number of nitrogens with one attached hydrogen (secondary N) is 1. The Balaban J connectivity index is 3.00. The molecule has 1 aromatic rings. The first-order chi connectivity index (χ1) is 5.75. The van der Waals surface area contributed by atoms with E-state index in [0.29, 0.717) is 5.03 Å². The van der Waals surface area contributed by atoms with Crippen molar-refractivity contribution in [3.8, 4) is 0 Å². The molecule has 0 spiro atoms. The Hall–Kier alpha value is -1.14. The van der Waals surface area contributed by atoms with Crippen LogP contribution in [0.4, 0.5) is 5.69 Å². The fourth-order valence-corrected chi connectivity index (χ4v) is 1.25. The Kier molecular flexibility index (Phi) is 3.01. The highest BCUT2D eigenvalue weighted by atomic mass is 32.2. The van der Waals surface area contributed by atoms with E-state index in [0.717, 1.165) is 11.9 Å². The molecule has 0 unspecified atom stereocenters. The molecule has 0 aromatic carbocycles. The number of pyridine rings is 1. The van der Waals surface area contributed by atoms with Crippen molar-refractivity contribution in [2.45, 2.75) is 5.03 Å². The van der Waals surface area contributed by atoms with Crippen LogP contribution in [0.1, 0.15) is 0 Å². The van der Waals surface area contributed by atoms with Gasteiger partial charge in [-0.2, -0.15) is 0 Å². The van der Waals surface area contributed by atoms with Gasteiger partial charge in [0.1, 0.15) is 0 Å². The van der Waals surface area contributed by atoms with E-state index in [4.69, 9.17) is 0 Å². The summed E-state index contributed by atoms with van der Waals surface area (Å²) in [5.41, 5.74) is 0.0249.